The fourth-order valence-corrected chi connectivity index (χ4v) is 1.45. The molecule has 0 atom stereocenters. The number of rotatable bonds is 2. The number of aromatic nitrogens is 1. The normalized spacial score (nSPS) is 9.94. The molecular formula is C12H9NO4. The Labute approximate surface area is 96.4 Å². The molecular weight excluding hydrogens is 222 g/mol. The van der Waals surface area contributed by atoms with Crippen LogP contribution in [0.5, 0.6) is 0 Å². The Bertz CT molecular complexity index is 589. The van der Waals surface area contributed by atoms with E-state index >= 15 is 0 Å². The minimum Gasteiger partial charge on any atom is -0.295 e. The highest BCUT2D eigenvalue weighted by Gasteiger charge is 2.09. The standard InChI is InChI=1S/C12H9NO4/c14-11-7-6-9(12(15)17-16)8-13(11)10-4-2-1-3-5-10/h1-8,16H. The van der Waals surface area contributed by atoms with E-state index in [-0.39, 0.29) is 11.1 Å². The molecule has 0 amide bonds. The number of hydrogen-bond donors (Lipinski definition) is 1. The molecule has 17 heavy (non-hydrogen) atoms. The largest absolute Gasteiger partial charge is 0.374 e. The van der Waals surface area contributed by atoms with E-state index in [1.807, 2.05) is 6.07 Å². The third kappa shape index (κ3) is 2.24. The lowest BCUT2D eigenvalue weighted by molar-refractivity contribution is -0.182. The lowest BCUT2D eigenvalue weighted by Crippen LogP contribution is -2.18. The van der Waals surface area contributed by atoms with Gasteiger partial charge in [0.2, 0.25) is 0 Å². The van der Waals surface area contributed by atoms with Gasteiger partial charge in [-0.1, -0.05) is 18.2 Å². The van der Waals surface area contributed by atoms with Gasteiger partial charge in [-0.15, -0.1) is 0 Å². The Balaban J connectivity index is 2.55. The molecule has 1 aromatic carbocycles. The Morgan fingerprint density at radius 3 is 2.47 bits per heavy atom. The average Bonchev–Trinajstić information content (AvgIpc) is 2.39. The minimum atomic E-state index is -0.908. The SMILES string of the molecule is O=C(OO)c1ccc(=O)n(-c2ccccc2)c1. The zero-order chi connectivity index (χ0) is 12.3. The highest BCUT2D eigenvalue weighted by molar-refractivity contribution is 5.88. The fraction of sp³-hybridized carbons (Fsp3) is 0. The van der Waals surface area contributed by atoms with Gasteiger partial charge in [-0.2, -0.15) is 5.26 Å². The number of pyridine rings is 1. The van der Waals surface area contributed by atoms with Crippen LogP contribution in [0.2, 0.25) is 0 Å². The lowest BCUT2D eigenvalue weighted by atomic mass is 10.2. The van der Waals surface area contributed by atoms with Gasteiger partial charge >= 0.3 is 5.97 Å². The second-order valence-electron chi connectivity index (χ2n) is 3.34. The van der Waals surface area contributed by atoms with Gasteiger partial charge in [0.25, 0.3) is 5.56 Å². The Hall–Kier alpha value is -2.40. The maximum Gasteiger partial charge on any atom is 0.374 e. The van der Waals surface area contributed by atoms with Gasteiger partial charge in [0, 0.05) is 18.0 Å². The molecule has 5 heteroatoms. The minimum absolute atomic E-state index is 0.0935. The van der Waals surface area contributed by atoms with E-state index in [2.05, 4.69) is 4.89 Å². The Kier molecular flexibility index (Phi) is 3.02. The van der Waals surface area contributed by atoms with Crippen LogP contribution in [0.1, 0.15) is 10.4 Å². The smallest absolute Gasteiger partial charge is 0.295 e. The molecule has 0 aliphatic rings. The first kappa shape index (κ1) is 11.1. The first-order valence-electron chi connectivity index (χ1n) is 4.86. The molecule has 1 aromatic heterocycles. The van der Waals surface area contributed by atoms with Gasteiger partial charge in [0.15, 0.2) is 0 Å². The van der Waals surface area contributed by atoms with Crippen LogP contribution in [0.3, 0.4) is 0 Å². The van der Waals surface area contributed by atoms with Crippen LogP contribution in [0.25, 0.3) is 5.69 Å². The van der Waals surface area contributed by atoms with Crippen molar-refractivity contribution in [1.29, 1.82) is 0 Å². The molecule has 1 N–H and O–H groups in total. The van der Waals surface area contributed by atoms with Crippen LogP contribution >= 0.6 is 0 Å². The van der Waals surface area contributed by atoms with Crippen LogP contribution in [-0.4, -0.2) is 15.8 Å². The van der Waals surface area contributed by atoms with Crippen LogP contribution in [0, 0.1) is 0 Å². The van der Waals surface area contributed by atoms with E-state index in [0.29, 0.717) is 5.69 Å². The molecule has 5 nitrogen and oxygen atoms in total. The second kappa shape index (κ2) is 4.63. The number of para-hydroxylation sites is 1. The second-order valence-corrected chi connectivity index (χ2v) is 3.34. The van der Waals surface area contributed by atoms with Crippen LogP contribution in [-0.2, 0) is 4.89 Å². The number of carbonyl (C=O) groups is 1. The van der Waals surface area contributed by atoms with Crippen molar-refractivity contribution < 1.29 is 14.9 Å². The summed E-state index contributed by atoms with van der Waals surface area (Å²) in [6.45, 7) is 0. The molecule has 0 fully saturated rings. The quantitative estimate of drug-likeness (QED) is 0.627. The summed E-state index contributed by atoms with van der Waals surface area (Å²) in [5.41, 5.74) is 0.451. The molecule has 0 spiro atoms. The molecule has 1 heterocycles. The highest BCUT2D eigenvalue weighted by atomic mass is 17.1. The van der Waals surface area contributed by atoms with Crippen molar-refractivity contribution in [1.82, 2.24) is 4.57 Å². The number of hydrogen-bond acceptors (Lipinski definition) is 4. The highest BCUT2D eigenvalue weighted by Crippen LogP contribution is 2.06. The van der Waals surface area contributed by atoms with Crippen LogP contribution in [0.4, 0.5) is 0 Å². The zero-order valence-electron chi connectivity index (χ0n) is 8.74. The summed E-state index contributed by atoms with van der Waals surface area (Å²) in [7, 11) is 0. The molecule has 0 saturated carbocycles. The van der Waals surface area contributed by atoms with Gasteiger partial charge in [0.05, 0.1) is 5.56 Å². The Morgan fingerprint density at radius 1 is 1.12 bits per heavy atom. The molecule has 0 aliphatic carbocycles. The number of nitrogens with zero attached hydrogens (tertiary/aromatic N) is 1. The summed E-state index contributed by atoms with van der Waals surface area (Å²) in [5.74, 6) is -0.908. The van der Waals surface area contributed by atoms with Crippen molar-refractivity contribution in [2.24, 2.45) is 0 Å². The van der Waals surface area contributed by atoms with Gasteiger partial charge in [-0.25, -0.2) is 4.79 Å². The molecule has 0 saturated heterocycles. The molecule has 0 unspecified atom stereocenters. The van der Waals surface area contributed by atoms with E-state index in [1.165, 1.54) is 22.9 Å². The first-order valence-corrected chi connectivity index (χ1v) is 4.86. The van der Waals surface area contributed by atoms with Gasteiger partial charge in [-0.05, 0) is 18.2 Å². The van der Waals surface area contributed by atoms with E-state index in [0.717, 1.165) is 0 Å². The molecule has 0 radical (unpaired) electrons. The van der Waals surface area contributed by atoms with Gasteiger partial charge in [0.1, 0.15) is 0 Å². The van der Waals surface area contributed by atoms with E-state index < -0.39 is 5.97 Å². The predicted molar refractivity (Wildman–Crippen MR) is 60.1 cm³/mol. The fourth-order valence-electron chi connectivity index (χ4n) is 1.45. The van der Waals surface area contributed by atoms with Gasteiger partial charge < -0.3 is 0 Å². The predicted octanol–water partition coefficient (Wildman–Crippen LogP) is 1.47. The summed E-state index contributed by atoms with van der Waals surface area (Å²) in [4.78, 5) is 26.4. The molecule has 0 aliphatic heterocycles. The summed E-state index contributed by atoms with van der Waals surface area (Å²) >= 11 is 0. The summed E-state index contributed by atoms with van der Waals surface area (Å²) in [6.07, 6.45) is 1.32. The van der Waals surface area contributed by atoms with E-state index in [4.69, 9.17) is 5.26 Å². The van der Waals surface area contributed by atoms with E-state index in [1.54, 1.807) is 24.3 Å². The lowest BCUT2D eigenvalue weighted by Gasteiger charge is -2.06. The van der Waals surface area contributed by atoms with Crippen molar-refractivity contribution in [3.63, 3.8) is 0 Å². The van der Waals surface area contributed by atoms with Crippen molar-refractivity contribution in [3.05, 3.63) is 64.6 Å². The van der Waals surface area contributed by atoms with E-state index in [9.17, 15) is 9.59 Å². The maximum atomic E-state index is 11.6. The summed E-state index contributed by atoms with van der Waals surface area (Å²) < 4.78 is 1.30. The first-order chi connectivity index (χ1) is 8.22. The third-order valence-corrected chi connectivity index (χ3v) is 2.26. The van der Waals surface area contributed by atoms with Crippen LogP contribution in [0.15, 0.2) is 53.5 Å². The number of carbonyl (C=O) groups excluding carboxylic acids is 1. The number of benzene rings is 1. The molecule has 0 bridgehead atoms. The van der Waals surface area contributed by atoms with Crippen molar-refractivity contribution in [2.75, 3.05) is 0 Å². The van der Waals surface area contributed by atoms with Crippen LogP contribution < -0.4 is 5.56 Å². The molecule has 2 aromatic rings. The van der Waals surface area contributed by atoms with Crippen molar-refractivity contribution in [3.8, 4) is 5.69 Å². The molecule has 86 valence electrons. The molecule has 2 rings (SSSR count). The monoisotopic (exact) mass is 231 g/mol. The topological polar surface area (TPSA) is 68.5 Å². The average molecular weight is 231 g/mol. The summed E-state index contributed by atoms with van der Waals surface area (Å²) in [5, 5.41) is 8.28. The maximum absolute atomic E-state index is 11.6. The summed E-state index contributed by atoms with van der Waals surface area (Å²) in [6, 6.07) is 11.4. The van der Waals surface area contributed by atoms with Crippen molar-refractivity contribution in [2.45, 2.75) is 0 Å². The Morgan fingerprint density at radius 2 is 1.82 bits per heavy atom. The zero-order valence-corrected chi connectivity index (χ0v) is 8.74. The van der Waals surface area contributed by atoms with Crippen molar-refractivity contribution >= 4 is 5.97 Å². The third-order valence-electron chi connectivity index (χ3n) is 2.26. The van der Waals surface area contributed by atoms with Gasteiger partial charge in [-0.3, -0.25) is 14.2 Å².